The molecule has 0 fully saturated rings. The van der Waals surface area contributed by atoms with E-state index >= 15 is 0 Å². The normalized spacial score (nSPS) is 17.6. The molecule has 0 amide bonds. The van der Waals surface area contributed by atoms with Crippen LogP contribution in [-0.4, -0.2) is 25.8 Å². The average molecular weight is 270 g/mol. The number of nitrogens with zero attached hydrogens (tertiary/aromatic N) is 1. The molecule has 0 saturated heterocycles. The number of sulfonamides is 1. The van der Waals surface area contributed by atoms with Crippen molar-refractivity contribution in [3.63, 3.8) is 0 Å². The molecule has 18 heavy (non-hydrogen) atoms. The zero-order chi connectivity index (χ0) is 13.3. The van der Waals surface area contributed by atoms with Crippen molar-refractivity contribution in [3.8, 4) is 0 Å². The van der Waals surface area contributed by atoms with E-state index in [4.69, 9.17) is 5.73 Å². The maximum absolute atomic E-state index is 13.2. The Balaban J connectivity index is 2.39. The summed E-state index contributed by atoms with van der Waals surface area (Å²) >= 11 is 0. The van der Waals surface area contributed by atoms with Gasteiger partial charge in [-0.1, -0.05) is 11.6 Å². The molecule has 0 radical (unpaired) electrons. The summed E-state index contributed by atoms with van der Waals surface area (Å²) in [5.74, 6) is -0.641. The van der Waals surface area contributed by atoms with Crippen LogP contribution in [0, 0.1) is 5.82 Å². The Labute approximate surface area is 106 Å². The standard InChI is InChI=1S/C12H15FN2O2S/c1-9-3-2-4-15(8-9)18(16,17)12-6-10(13)5-11(14)7-12/h3,5-7H,2,4,8,14H2,1H3. The largest absolute Gasteiger partial charge is 0.399 e. The topological polar surface area (TPSA) is 63.4 Å². The lowest BCUT2D eigenvalue weighted by atomic mass is 10.2. The molecule has 1 aliphatic heterocycles. The summed E-state index contributed by atoms with van der Waals surface area (Å²) in [5.41, 5.74) is 6.58. The first kappa shape index (κ1) is 13.0. The Morgan fingerprint density at radius 2 is 2.06 bits per heavy atom. The number of nitrogen functional groups attached to an aromatic ring is 1. The number of hydrogen-bond acceptors (Lipinski definition) is 3. The predicted molar refractivity (Wildman–Crippen MR) is 67.9 cm³/mol. The van der Waals surface area contributed by atoms with Gasteiger partial charge in [0.2, 0.25) is 10.0 Å². The molecule has 1 heterocycles. The highest BCUT2D eigenvalue weighted by atomic mass is 32.2. The molecule has 0 aliphatic carbocycles. The van der Waals surface area contributed by atoms with Gasteiger partial charge in [0, 0.05) is 18.8 Å². The van der Waals surface area contributed by atoms with E-state index in [1.807, 2.05) is 13.0 Å². The Bertz CT molecular complexity index is 576. The van der Waals surface area contributed by atoms with Crippen LogP contribution in [0.5, 0.6) is 0 Å². The molecule has 0 spiro atoms. The summed E-state index contributed by atoms with van der Waals surface area (Å²) in [7, 11) is -3.67. The molecule has 1 aliphatic rings. The summed E-state index contributed by atoms with van der Waals surface area (Å²) in [6, 6.07) is 3.38. The fourth-order valence-corrected chi connectivity index (χ4v) is 3.53. The minimum absolute atomic E-state index is 0.0882. The highest BCUT2D eigenvalue weighted by Gasteiger charge is 2.26. The third-order valence-electron chi connectivity index (χ3n) is 2.83. The first-order valence-corrected chi connectivity index (χ1v) is 7.05. The van der Waals surface area contributed by atoms with Gasteiger partial charge in [0.1, 0.15) is 5.82 Å². The molecule has 0 unspecified atom stereocenters. The number of rotatable bonds is 2. The molecule has 0 saturated carbocycles. The summed E-state index contributed by atoms with van der Waals surface area (Å²) in [6.07, 6.45) is 2.68. The first-order valence-electron chi connectivity index (χ1n) is 5.61. The van der Waals surface area contributed by atoms with Crippen LogP contribution >= 0.6 is 0 Å². The van der Waals surface area contributed by atoms with Crippen molar-refractivity contribution in [2.24, 2.45) is 0 Å². The van der Waals surface area contributed by atoms with Gasteiger partial charge in [-0.2, -0.15) is 4.31 Å². The lowest BCUT2D eigenvalue weighted by Gasteiger charge is -2.25. The third-order valence-corrected chi connectivity index (χ3v) is 4.65. The molecular formula is C12H15FN2O2S. The molecule has 6 heteroatoms. The zero-order valence-electron chi connectivity index (χ0n) is 10.1. The van der Waals surface area contributed by atoms with Gasteiger partial charge in [0.15, 0.2) is 0 Å². The van der Waals surface area contributed by atoms with Crippen LogP contribution in [-0.2, 0) is 10.0 Å². The van der Waals surface area contributed by atoms with E-state index in [2.05, 4.69) is 0 Å². The van der Waals surface area contributed by atoms with E-state index in [1.54, 1.807) is 0 Å². The molecular weight excluding hydrogens is 255 g/mol. The minimum atomic E-state index is -3.67. The van der Waals surface area contributed by atoms with Gasteiger partial charge >= 0.3 is 0 Å². The molecule has 0 atom stereocenters. The van der Waals surface area contributed by atoms with Gasteiger partial charge in [-0.25, -0.2) is 12.8 Å². The van der Waals surface area contributed by atoms with Gasteiger partial charge < -0.3 is 5.73 Å². The Morgan fingerprint density at radius 1 is 1.33 bits per heavy atom. The quantitative estimate of drug-likeness (QED) is 0.658. The maximum Gasteiger partial charge on any atom is 0.243 e. The van der Waals surface area contributed by atoms with E-state index < -0.39 is 15.8 Å². The van der Waals surface area contributed by atoms with Crippen molar-refractivity contribution in [3.05, 3.63) is 35.7 Å². The smallest absolute Gasteiger partial charge is 0.243 e. The molecule has 4 nitrogen and oxygen atoms in total. The van der Waals surface area contributed by atoms with Crippen molar-refractivity contribution in [2.75, 3.05) is 18.8 Å². The fourth-order valence-electron chi connectivity index (χ4n) is 1.96. The van der Waals surface area contributed by atoms with Gasteiger partial charge in [0.25, 0.3) is 0 Å². The highest BCUT2D eigenvalue weighted by molar-refractivity contribution is 7.89. The van der Waals surface area contributed by atoms with Crippen LogP contribution in [0.2, 0.25) is 0 Å². The van der Waals surface area contributed by atoms with Crippen molar-refractivity contribution >= 4 is 15.7 Å². The first-order chi connectivity index (χ1) is 8.39. The molecule has 1 aromatic carbocycles. The predicted octanol–water partition coefficient (Wildman–Crippen LogP) is 1.75. The van der Waals surface area contributed by atoms with Crippen molar-refractivity contribution < 1.29 is 12.8 Å². The summed E-state index contributed by atoms with van der Waals surface area (Å²) in [4.78, 5) is -0.0882. The SMILES string of the molecule is CC1=CCCN(S(=O)(=O)c2cc(N)cc(F)c2)C1. The Morgan fingerprint density at radius 3 is 2.67 bits per heavy atom. The van der Waals surface area contributed by atoms with Gasteiger partial charge in [-0.15, -0.1) is 0 Å². The number of halogens is 1. The molecule has 2 rings (SSSR count). The van der Waals surface area contributed by atoms with E-state index in [9.17, 15) is 12.8 Å². The van der Waals surface area contributed by atoms with Crippen LogP contribution in [0.15, 0.2) is 34.7 Å². The van der Waals surface area contributed by atoms with Crippen LogP contribution in [0.1, 0.15) is 13.3 Å². The Hall–Kier alpha value is -1.40. The minimum Gasteiger partial charge on any atom is -0.399 e. The van der Waals surface area contributed by atoms with Crippen molar-refractivity contribution in [2.45, 2.75) is 18.2 Å². The second-order valence-corrected chi connectivity index (χ2v) is 6.34. The lowest BCUT2D eigenvalue weighted by molar-refractivity contribution is 0.427. The second kappa shape index (κ2) is 4.70. The van der Waals surface area contributed by atoms with Gasteiger partial charge in [-0.3, -0.25) is 0 Å². The molecule has 0 aromatic heterocycles. The van der Waals surface area contributed by atoms with Crippen LogP contribution in [0.25, 0.3) is 0 Å². The summed E-state index contributed by atoms with van der Waals surface area (Å²) in [6.45, 7) is 2.64. The number of nitrogens with two attached hydrogens (primary N) is 1. The van der Waals surface area contributed by atoms with Crippen molar-refractivity contribution in [1.82, 2.24) is 4.31 Å². The average Bonchev–Trinajstić information content (AvgIpc) is 2.27. The maximum atomic E-state index is 13.2. The molecule has 2 N–H and O–H groups in total. The second-order valence-electron chi connectivity index (χ2n) is 4.40. The number of anilines is 1. The van der Waals surface area contributed by atoms with E-state index in [1.165, 1.54) is 10.4 Å². The molecule has 0 bridgehead atoms. The van der Waals surface area contributed by atoms with Crippen LogP contribution < -0.4 is 5.73 Å². The Kier molecular flexibility index (Phi) is 3.41. The fraction of sp³-hybridized carbons (Fsp3) is 0.333. The number of hydrogen-bond donors (Lipinski definition) is 1. The van der Waals surface area contributed by atoms with Crippen LogP contribution in [0.3, 0.4) is 0 Å². The van der Waals surface area contributed by atoms with Gasteiger partial charge in [-0.05, 0) is 31.5 Å². The zero-order valence-corrected chi connectivity index (χ0v) is 10.9. The number of benzene rings is 1. The molecule has 1 aromatic rings. The third kappa shape index (κ3) is 2.54. The van der Waals surface area contributed by atoms with Crippen molar-refractivity contribution in [1.29, 1.82) is 0 Å². The summed E-state index contributed by atoms with van der Waals surface area (Å²) in [5, 5.41) is 0. The monoisotopic (exact) mass is 270 g/mol. The van der Waals surface area contributed by atoms with Crippen LogP contribution in [0.4, 0.5) is 10.1 Å². The van der Waals surface area contributed by atoms with E-state index in [0.29, 0.717) is 19.5 Å². The summed E-state index contributed by atoms with van der Waals surface area (Å²) < 4.78 is 39.2. The lowest BCUT2D eigenvalue weighted by Crippen LogP contribution is -2.35. The van der Waals surface area contributed by atoms with Gasteiger partial charge in [0.05, 0.1) is 4.90 Å². The van der Waals surface area contributed by atoms with E-state index in [-0.39, 0.29) is 10.6 Å². The molecule has 98 valence electrons. The highest BCUT2D eigenvalue weighted by Crippen LogP contribution is 2.23. The van der Waals surface area contributed by atoms with E-state index in [0.717, 1.165) is 17.7 Å².